The Morgan fingerprint density at radius 3 is 2.56 bits per heavy atom. The van der Waals surface area contributed by atoms with Gasteiger partial charge in [-0.25, -0.2) is 17.8 Å². The van der Waals surface area contributed by atoms with Crippen LogP contribution in [0, 0.1) is 5.92 Å². The van der Waals surface area contributed by atoms with E-state index in [0.29, 0.717) is 5.92 Å². The Morgan fingerprint density at radius 1 is 1.44 bits per heavy atom. The van der Waals surface area contributed by atoms with Crippen molar-refractivity contribution in [1.29, 1.82) is 0 Å². The van der Waals surface area contributed by atoms with Gasteiger partial charge in [0.15, 0.2) is 0 Å². The van der Waals surface area contributed by atoms with Crippen LogP contribution < -0.4 is 4.72 Å². The van der Waals surface area contributed by atoms with E-state index >= 15 is 0 Å². The Balaban J connectivity index is 2.79. The molecule has 0 aliphatic heterocycles. The van der Waals surface area contributed by atoms with Gasteiger partial charge in [0.05, 0.1) is 30.7 Å². The van der Waals surface area contributed by atoms with Crippen LogP contribution in [0.2, 0.25) is 0 Å². The van der Waals surface area contributed by atoms with Crippen LogP contribution in [0.3, 0.4) is 0 Å². The van der Waals surface area contributed by atoms with Crippen molar-refractivity contribution in [2.75, 3.05) is 6.26 Å². The van der Waals surface area contributed by atoms with Gasteiger partial charge < -0.3 is 0 Å². The molecular weight excluding hydrogens is 228 g/mol. The van der Waals surface area contributed by atoms with Gasteiger partial charge in [0, 0.05) is 0 Å². The largest absolute Gasteiger partial charge is 0.245 e. The van der Waals surface area contributed by atoms with E-state index in [1.54, 1.807) is 10.9 Å². The molecule has 0 aliphatic rings. The van der Waals surface area contributed by atoms with E-state index in [0.717, 1.165) is 11.9 Å². The van der Waals surface area contributed by atoms with E-state index in [2.05, 4.69) is 28.9 Å². The molecule has 1 aromatic heterocycles. The number of aromatic nitrogens is 3. The van der Waals surface area contributed by atoms with Gasteiger partial charge in [-0.2, -0.15) is 0 Å². The average Bonchev–Trinajstić information content (AvgIpc) is 2.59. The molecule has 1 aromatic rings. The van der Waals surface area contributed by atoms with E-state index in [-0.39, 0.29) is 12.6 Å². The van der Waals surface area contributed by atoms with Gasteiger partial charge in [-0.15, -0.1) is 5.10 Å². The van der Waals surface area contributed by atoms with Crippen LogP contribution in [0.25, 0.3) is 0 Å². The lowest BCUT2D eigenvalue weighted by Crippen LogP contribution is -2.24. The number of nitrogens with zero attached hydrogens (tertiary/aromatic N) is 3. The second-order valence-corrected chi connectivity index (χ2v) is 6.08. The summed E-state index contributed by atoms with van der Waals surface area (Å²) in [5.74, 6) is 0.415. The quantitative estimate of drug-likeness (QED) is 0.823. The minimum atomic E-state index is -3.18. The van der Waals surface area contributed by atoms with E-state index in [1.165, 1.54) is 0 Å². The molecule has 0 saturated carbocycles. The van der Waals surface area contributed by atoms with Crippen LogP contribution in [-0.2, 0) is 16.6 Å². The van der Waals surface area contributed by atoms with Crippen molar-refractivity contribution in [2.45, 2.75) is 33.4 Å². The van der Waals surface area contributed by atoms with Gasteiger partial charge in [0.25, 0.3) is 0 Å². The van der Waals surface area contributed by atoms with Gasteiger partial charge in [-0.05, 0) is 12.8 Å². The van der Waals surface area contributed by atoms with Crippen molar-refractivity contribution < 1.29 is 8.42 Å². The third-order valence-corrected chi connectivity index (χ3v) is 3.18. The average molecular weight is 246 g/mol. The summed E-state index contributed by atoms with van der Waals surface area (Å²) in [4.78, 5) is 0. The van der Waals surface area contributed by atoms with Gasteiger partial charge in [0.2, 0.25) is 10.0 Å². The molecule has 0 bridgehead atoms. The number of sulfonamides is 1. The number of hydrogen-bond donors (Lipinski definition) is 1. The summed E-state index contributed by atoms with van der Waals surface area (Å²) in [5.41, 5.74) is 0.770. The minimum absolute atomic E-state index is 0.193. The Hall–Kier alpha value is -0.950. The Kier molecular flexibility index (Phi) is 4.03. The molecule has 0 fully saturated rings. The molecule has 0 saturated heterocycles. The lowest BCUT2D eigenvalue weighted by molar-refractivity contribution is 0.357. The maximum Gasteiger partial charge on any atom is 0.209 e. The summed E-state index contributed by atoms with van der Waals surface area (Å²) in [6, 6.07) is 0.193. The number of hydrogen-bond acceptors (Lipinski definition) is 4. The second kappa shape index (κ2) is 4.92. The molecule has 0 spiro atoms. The van der Waals surface area contributed by atoms with Crippen LogP contribution >= 0.6 is 0 Å². The summed E-state index contributed by atoms with van der Waals surface area (Å²) in [6.07, 6.45) is 2.71. The van der Waals surface area contributed by atoms with Gasteiger partial charge in [-0.3, -0.25) is 0 Å². The Morgan fingerprint density at radius 2 is 2.06 bits per heavy atom. The molecular formula is C9H18N4O2S. The second-order valence-electron chi connectivity index (χ2n) is 4.25. The molecule has 1 N–H and O–H groups in total. The predicted molar refractivity (Wildman–Crippen MR) is 61.3 cm³/mol. The summed E-state index contributed by atoms with van der Waals surface area (Å²) in [6.45, 7) is 6.42. The van der Waals surface area contributed by atoms with E-state index in [9.17, 15) is 8.42 Å². The van der Waals surface area contributed by atoms with Gasteiger partial charge in [-0.1, -0.05) is 19.1 Å². The fourth-order valence-electron chi connectivity index (χ4n) is 1.22. The Labute approximate surface area is 96.1 Å². The fourth-order valence-corrected chi connectivity index (χ4v) is 1.63. The molecule has 0 aliphatic carbocycles. The standard InChI is InChI=1S/C9H18N4O2S/c1-7(2)8(3)13-9(5-10-12-13)6-11-16(4,14)15/h5,7-8,11H,6H2,1-4H3. The lowest BCUT2D eigenvalue weighted by atomic mass is 10.1. The first-order valence-electron chi connectivity index (χ1n) is 5.15. The highest BCUT2D eigenvalue weighted by Gasteiger charge is 2.15. The molecule has 92 valence electrons. The summed E-state index contributed by atoms with van der Waals surface area (Å²) < 4.78 is 26.1. The van der Waals surface area contributed by atoms with Crippen molar-refractivity contribution in [3.8, 4) is 0 Å². The lowest BCUT2D eigenvalue weighted by Gasteiger charge is -2.17. The monoisotopic (exact) mass is 246 g/mol. The Bertz CT molecular complexity index is 438. The smallest absolute Gasteiger partial charge is 0.209 e. The molecule has 16 heavy (non-hydrogen) atoms. The van der Waals surface area contributed by atoms with Crippen LogP contribution in [0.4, 0.5) is 0 Å². The van der Waals surface area contributed by atoms with Crippen LogP contribution in [-0.4, -0.2) is 29.7 Å². The molecule has 1 atom stereocenters. The zero-order valence-electron chi connectivity index (χ0n) is 10.0. The van der Waals surface area contributed by atoms with Gasteiger partial charge >= 0.3 is 0 Å². The first kappa shape index (κ1) is 13.1. The van der Waals surface area contributed by atoms with Crippen LogP contribution in [0.1, 0.15) is 32.5 Å². The third kappa shape index (κ3) is 3.57. The zero-order valence-corrected chi connectivity index (χ0v) is 10.8. The maximum atomic E-state index is 11.0. The molecule has 0 amide bonds. The summed E-state index contributed by atoms with van der Waals surface area (Å²) >= 11 is 0. The van der Waals surface area contributed by atoms with Crippen molar-refractivity contribution in [3.63, 3.8) is 0 Å². The first-order chi connectivity index (χ1) is 7.31. The highest BCUT2D eigenvalue weighted by molar-refractivity contribution is 7.88. The maximum absolute atomic E-state index is 11.0. The van der Waals surface area contributed by atoms with Gasteiger partial charge in [0.1, 0.15) is 0 Å². The first-order valence-corrected chi connectivity index (χ1v) is 7.04. The predicted octanol–water partition coefficient (Wildman–Crippen LogP) is 0.544. The number of nitrogens with one attached hydrogen (secondary N) is 1. The zero-order chi connectivity index (χ0) is 12.3. The van der Waals surface area contributed by atoms with Crippen LogP contribution in [0.5, 0.6) is 0 Å². The normalized spacial score (nSPS) is 14.3. The molecule has 7 heteroatoms. The van der Waals surface area contributed by atoms with E-state index in [4.69, 9.17) is 0 Å². The highest BCUT2D eigenvalue weighted by atomic mass is 32.2. The van der Waals surface area contributed by atoms with Crippen molar-refractivity contribution in [1.82, 2.24) is 19.7 Å². The molecule has 1 unspecified atom stereocenters. The van der Waals surface area contributed by atoms with Crippen LogP contribution in [0.15, 0.2) is 6.20 Å². The molecule has 0 aromatic carbocycles. The minimum Gasteiger partial charge on any atom is -0.245 e. The van der Waals surface area contributed by atoms with Crippen molar-refractivity contribution in [2.24, 2.45) is 5.92 Å². The molecule has 1 rings (SSSR count). The SMILES string of the molecule is CC(C)C(C)n1nncc1CNS(C)(=O)=O. The van der Waals surface area contributed by atoms with E-state index in [1.807, 2.05) is 6.92 Å². The number of rotatable bonds is 5. The highest BCUT2D eigenvalue weighted by Crippen LogP contribution is 2.16. The fraction of sp³-hybridized carbons (Fsp3) is 0.778. The van der Waals surface area contributed by atoms with Crippen molar-refractivity contribution in [3.05, 3.63) is 11.9 Å². The molecule has 6 nitrogen and oxygen atoms in total. The van der Waals surface area contributed by atoms with E-state index < -0.39 is 10.0 Å². The molecule has 0 radical (unpaired) electrons. The summed E-state index contributed by atoms with van der Waals surface area (Å²) in [5, 5.41) is 7.77. The third-order valence-electron chi connectivity index (χ3n) is 2.52. The summed E-state index contributed by atoms with van der Waals surface area (Å²) in [7, 11) is -3.18. The molecule has 1 heterocycles. The topological polar surface area (TPSA) is 76.9 Å². The van der Waals surface area contributed by atoms with Crippen molar-refractivity contribution >= 4 is 10.0 Å².